The average Bonchev–Trinajstić information content (AvgIpc) is 3.42. The number of nitrogens with zero attached hydrogens (tertiary/aromatic N) is 2. The molecule has 0 bridgehead atoms. The lowest BCUT2D eigenvalue weighted by Crippen LogP contribution is -2.26. The van der Waals surface area contributed by atoms with Gasteiger partial charge in [0.2, 0.25) is 6.79 Å². The molecule has 0 aliphatic carbocycles. The smallest absolute Gasteiger partial charge is 0.257 e. The van der Waals surface area contributed by atoms with E-state index in [1.165, 1.54) is 7.11 Å². The van der Waals surface area contributed by atoms with Crippen LogP contribution in [-0.4, -0.2) is 34.8 Å². The SMILES string of the molecule is COCc1c(C(O)C=O)cc2n(c1=O)Cc1c-2nc2cc3c(cc2c1CCCC(C)C)OCO3. The summed E-state index contributed by atoms with van der Waals surface area (Å²) in [4.78, 5) is 29.7. The number of pyridine rings is 2. The first-order valence-corrected chi connectivity index (χ1v) is 11.6. The molecule has 3 aromatic rings. The number of benzene rings is 1. The second kappa shape index (κ2) is 8.85. The molecule has 1 atom stereocenters. The first-order chi connectivity index (χ1) is 16.4. The number of hydrogen-bond acceptors (Lipinski definition) is 7. The number of ether oxygens (including phenoxy) is 3. The lowest BCUT2D eigenvalue weighted by molar-refractivity contribution is -0.115. The summed E-state index contributed by atoms with van der Waals surface area (Å²) in [6, 6.07) is 5.56. The van der Waals surface area contributed by atoms with Gasteiger partial charge in [-0.25, -0.2) is 4.98 Å². The Hall–Kier alpha value is -3.23. The summed E-state index contributed by atoms with van der Waals surface area (Å²) in [6.07, 6.45) is 1.95. The van der Waals surface area contributed by atoms with Gasteiger partial charge in [-0.2, -0.15) is 0 Å². The highest BCUT2D eigenvalue weighted by Crippen LogP contribution is 2.42. The fourth-order valence-corrected chi connectivity index (χ4v) is 4.96. The number of aldehydes is 1. The number of aliphatic hydroxyl groups is 1. The van der Waals surface area contributed by atoms with E-state index < -0.39 is 6.10 Å². The molecule has 1 aromatic carbocycles. The predicted molar refractivity (Wildman–Crippen MR) is 126 cm³/mol. The number of aliphatic hydroxyl groups excluding tert-OH is 1. The van der Waals surface area contributed by atoms with Gasteiger partial charge in [0.05, 0.1) is 30.1 Å². The molecule has 0 radical (unpaired) electrons. The van der Waals surface area contributed by atoms with E-state index in [1.807, 2.05) is 12.1 Å². The Morgan fingerprint density at radius 3 is 2.68 bits per heavy atom. The molecule has 34 heavy (non-hydrogen) atoms. The summed E-state index contributed by atoms with van der Waals surface area (Å²) in [7, 11) is 1.48. The van der Waals surface area contributed by atoms with Crippen LogP contribution in [0.4, 0.5) is 0 Å². The largest absolute Gasteiger partial charge is 0.454 e. The van der Waals surface area contributed by atoms with Crippen LogP contribution in [0.2, 0.25) is 0 Å². The van der Waals surface area contributed by atoms with Gasteiger partial charge in [0.25, 0.3) is 5.56 Å². The second-order valence-electron chi connectivity index (χ2n) is 9.29. The molecule has 2 aliphatic heterocycles. The van der Waals surface area contributed by atoms with Crippen molar-refractivity contribution in [1.82, 2.24) is 9.55 Å². The van der Waals surface area contributed by atoms with Crippen LogP contribution in [0.25, 0.3) is 22.3 Å². The third-order valence-corrected chi connectivity index (χ3v) is 6.64. The van der Waals surface area contributed by atoms with Crippen molar-refractivity contribution in [2.24, 2.45) is 5.92 Å². The zero-order valence-electron chi connectivity index (χ0n) is 19.6. The molecule has 8 heteroatoms. The third-order valence-electron chi connectivity index (χ3n) is 6.64. The van der Waals surface area contributed by atoms with E-state index in [9.17, 15) is 14.7 Å². The molecule has 2 aliphatic rings. The fourth-order valence-electron chi connectivity index (χ4n) is 4.96. The molecule has 0 fully saturated rings. The highest BCUT2D eigenvalue weighted by atomic mass is 16.7. The number of methoxy groups -OCH3 is 1. The molecule has 5 rings (SSSR count). The van der Waals surface area contributed by atoms with Gasteiger partial charge in [-0.1, -0.05) is 20.3 Å². The van der Waals surface area contributed by atoms with Crippen molar-refractivity contribution in [3.8, 4) is 22.9 Å². The summed E-state index contributed by atoms with van der Waals surface area (Å²) >= 11 is 0. The van der Waals surface area contributed by atoms with E-state index >= 15 is 0 Å². The minimum Gasteiger partial charge on any atom is -0.454 e. The molecular formula is C26H28N2O6. The third kappa shape index (κ3) is 3.67. The molecule has 0 saturated carbocycles. The molecule has 0 spiro atoms. The van der Waals surface area contributed by atoms with Crippen molar-refractivity contribution in [2.45, 2.75) is 52.4 Å². The van der Waals surface area contributed by atoms with Crippen LogP contribution >= 0.6 is 0 Å². The number of hydrogen-bond donors (Lipinski definition) is 1. The predicted octanol–water partition coefficient (Wildman–Crippen LogP) is 3.51. The highest BCUT2D eigenvalue weighted by molar-refractivity contribution is 5.90. The van der Waals surface area contributed by atoms with Crippen LogP contribution in [0.3, 0.4) is 0 Å². The molecule has 0 saturated heterocycles. The zero-order chi connectivity index (χ0) is 24.0. The van der Waals surface area contributed by atoms with Gasteiger partial charge in [0.15, 0.2) is 17.8 Å². The van der Waals surface area contributed by atoms with Crippen LogP contribution < -0.4 is 15.0 Å². The summed E-state index contributed by atoms with van der Waals surface area (Å²) in [5.41, 5.74) is 4.47. The lowest BCUT2D eigenvalue weighted by Gasteiger charge is -2.14. The van der Waals surface area contributed by atoms with Gasteiger partial charge < -0.3 is 28.7 Å². The Balaban J connectivity index is 1.73. The molecular weight excluding hydrogens is 436 g/mol. The molecule has 0 amide bonds. The maximum Gasteiger partial charge on any atom is 0.257 e. The Bertz CT molecular complexity index is 1340. The maximum absolute atomic E-state index is 13.4. The van der Waals surface area contributed by atoms with Crippen molar-refractivity contribution in [1.29, 1.82) is 0 Å². The monoisotopic (exact) mass is 464 g/mol. The second-order valence-corrected chi connectivity index (χ2v) is 9.29. The van der Waals surface area contributed by atoms with Crippen molar-refractivity contribution < 1.29 is 24.1 Å². The number of carbonyl (C=O) groups excluding carboxylic acids is 1. The van der Waals surface area contributed by atoms with E-state index in [2.05, 4.69) is 13.8 Å². The van der Waals surface area contributed by atoms with E-state index in [1.54, 1.807) is 10.6 Å². The Morgan fingerprint density at radius 2 is 1.97 bits per heavy atom. The Morgan fingerprint density at radius 1 is 1.21 bits per heavy atom. The van der Waals surface area contributed by atoms with Gasteiger partial charge in [-0.15, -0.1) is 0 Å². The molecule has 1 unspecified atom stereocenters. The first-order valence-electron chi connectivity index (χ1n) is 11.6. The van der Waals surface area contributed by atoms with Gasteiger partial charge in [0.1, 0.15) is 6.10 Å². The highest BCUT2D eigenvalue weighted by Gasteiger charge is 2.30. The zero-order valence-corrected chi connectivity index (χ0v) is 19.6. The molecule has 1 N–H and O–H groups in total. The number of aromatic nitrogens is 2. The van der Waals surface area contributed by atoms with Crippen LogP contribution in [0.15, 0.2) is 23.0 Å². The first kappa shape index (κ1) is 22.6. The number of fused-ring (bicyclic) bond motifs is 5. The van der Waals surface area contributed by atoms with Crippen LogP contribution in [0, 0.1) is 5.92 Å². The quantitative estimate of drug-likeness (QED) is 0.398. The van der Waals surface area contributed by atoms with Gasteiger partial charge in [-0.05, 0) is 36.5 Å². The van der Waals surface area contributed by atoms with E-state index in [-0.39, 0.29) is 30.1 Å². The summed E-state index contributed by atoms with van der Waals surface area (Å²) in [6.45, 7) is 4.99. The Kier molecular flexibility index (Phi) is 5.87. The van der Waals surface area contributed by atoms with Crippen molar-refractivity contribution in [2.75, 3.05) is 13.9 Å². The van der Waals surface area contributed by atoms with Crippen molar-refractivity contribution >= 4 is 17.2 Å². The van der Waals surface area contributed by atoms with E-state index in [0.717, 1.165) is 41.3 Å². The minimum atomic E-state index is -1.41. The normalized spacial score (nSPS) is 14.5. The molecule has 178 valence electrons. The molecule has 4 heterocycles. The van der Waals surface area contributed by atoms with Crippen LogP contribution in [0.1, 0.15) is 55.0 Å². The van der Waals surface area contributed by atoms with E-state index in [0.29, 0.717) is 41.6 Å². The maximum atomic E-state index is 13.4. The van der Waals surface area contributed by atoms with Crippen molar-refractivity contribution in [3.05, 3.63) is 50.8 Å². The average molecular weight is 465 g/mol. The topological polar surface area (TPSA) is 99.9 Å². The number of carbonyl (C=O) groups is 1. The van der Waals surface area contributed by atoms with Gasteiger partial charge in [-0.3, -0.25) is 4.79 Å². The molecule has 8 nitrogen and oxygen atoms in total. The number of aryl methyl sites for hydroxylation is 1. The van der Waals surface area contributed by atoms with Gasteiger partial charge >= 0.3 is 0 Å². The summed E-state index contributed by atoms with van der Waals surface area (Å²) < 4.78 is 18.1. The number of rotatable bonds is 8. The summed E-state index contributed by atoms with van der Waals surface area (Å²) in [5, 5.41) is 11.3. The fraction of sp³-hybridized carbons (Fsp3) is 0.423. The summed E-state index contributed by atoms with van der Waals surface area (Å²) in [5.74, 6) is 1.94. The van der Waals surface area contributed by atoms with Crippen LogP contribution in [-0.2, 0) is 29.1 Å². The standard InChI is InChI=1S/C26H28N2O6/c1-14(2)5-4-6-15-16-8-23-24(34-13-33-23)9-20(16)27-25-18(15)10-28-21(25)7-17(22(30)11-29)19(12-32-3)26(28)31/h7-9,11,14,22,30H,4-6,10,12-13H2,1-3H3. The van der Waals surface area contributed by atoms with Gasteiger partial charge in [0, 0.05) is 35.3 Å². The molecule has 2 aromatic heterocycles. The van der Waals surface area contributed by atoms with E-state index in [4.69, 9.17) is 19.2 Å². The van der Waals surface area contributed by atoms with Crippen LogP contribution in [0.5, 0.6) is 11.5 Å². The Labute approximate surface area is 197 Å². The minimum absolute atomic E-state index is 0.00768. The van der Waals surface area contributed by atoms with Crippen molar-refractivity contribution in [3.63, 3.8) is 0 Å². The lowest BCUT2D eigenvalue weighted by atomic mass is 9.94.